The molecule has 0 aliphatic carbocycles. The minimum Gasteiger partial charge on any atom is -0.367 e. The summed E-state index contributed by atoms with van der Waals surface area (Å²) in [6, 6.07) is 12.5. The predicted molar refractivity (Wildman–Crippen MR) is 169 cm³/mol. The fourth-order valence-electron chi connectivity index (χ4n) is 6.31. The molecule has 0 radical (unpaired) electrons. The van der Waals surface area contributed by atoms with Crippen molar-refractivity contribution in [2.75, 3.05) is 51.1 Å². The number of likely N-dealkylation sites (tertiary alicyclic amines) is 1. The number of hydrogen-bond acceptors (Lipinski definition) is 8. The third-order valence-corrected chi connectivity index (χ3v) is 9.71. The summed E-state index contributed by atoms with van der Waals surface area (Å²) in [6.07, 6.45) is -0.673. The first-order valence-electron chi connectivity index (χ1n) is 15.1. The molecule has 9 nitrogen and oxygen atoms in total. The van der Waals surface area contributed by atoms with Crippen LogP contribution < -0.4 is 5.32 Å². The van der Waals surface area contributed by atoms with Crippen LogP contribution in [0.5, 0.6) is 0 Å². The Hall–Kier alpha value is -3.99. The van der Waals surface area contributed by atoms with Crippen molar-refractivity contribution in [1.82, 2.24) is 29.2 Å². The van der Waals surface area contributed by atoms with E-state index in [-0.39, 0.29) is 16.8 Å². The fraction of sp³-hybridized carbons (Fsp3) is 0.438. The van der Waals surface area contributed by atoms with Gasteiger partial charge in [-0.1, -0.05) is 12.6 Å². The van der Waals surface area contributed by atoms with Crippen LogP contribution in [-0.2, 0) is 24.3 Å². The highest BCUT2D eigenvalue weighted by atomic mass is 32.1. The lowest BCUT2D eigenvalue weighted by atomic mass is 10.0. The minimum absolute atomic E-state index is 0.0271. The summed E-state index contributed by atoms with van der Waals surface area (Å²) in [7, 11) is 0. The maximum atomic E-state index is 12.9. The normalized spacial score (nSPS) is 17.2. The highest BCUT2D eigenvalue weighted by Crippen LogP contribution is 2.33. The molecule has 1 aromatic carbocycles. The number of fused-ring (bicyclic) bond motifs is 2. The first kappa shape index (κ1) is 31.0. The number of benzene rings is 1. The number of carbonyl (C=O) groups is 1. The summed E-state index contributed by atoms with van der Waals surface area (Å²) >= 11 is 1.06. The van der Waals surface area contributed by atoms with Crippen molar-refractivity contribution in [1.29, 1.82) is 5.26 Å². The van der Waals surface area contributed by atoms with Crippen LogP contribution in [0.1, 0.15) is 29.0 Å². The quantitative estimate of drug-likeness (QED) is 0.258. The van der Waals surface area contributed by atoms with Crippen LogP contribution in [0, 0.1) is 11.3 Å². The number of aromatic nitrogens is 3. The Balaban J connectivity index is 1.03. The van der Waals surface area contributed by atoms with Crippen LogP contribution in [-0.4, -0.2) is 93.2 Å². The Morgan fingerprint density at radius 2 is 1.84 bits per heavy atom. The van der Waals surface area contributed by atoms with Crippen molar-refractivity contribution >= 4 is 44.2 Å². The molecule has 2 fully saturated rings. The lowest BCUT2D eigenvalue weighted by Gasteiger charge is -2.34. The van der Waals surface area contributed by atoms with Gasteiger partial charge in [0.2, 0.25) is 5.91 Å². The molecule has 236 valence electrons. The van der Waals surface area contributed by atoms with E-state index in [9.17, 15) is 23.2 Å². The Morgan fingerprint density at radius 3 is 2.56 bits per heavy atom. The second-order valence-electron chi connectivity index (χ2n) is 11.7. The van der Waals surface area contributed by atoms with Gasteiger partial charge in [0.25, 0.3) is 0 Å². The van der Waals surface area contributed by atoms with Crippen LogP contribution in [0.2, 0.25) is 0 Å². The number of alkyl halides is 3. The molecule has 0 bridgehead atoms. The van der Waals surface area contributed by atoms with E-state index in [1.54, 1.807) is 6.07 Å². The molecule has 2 aliphatic heterocycles. The van der Waals surface area contributed by atoms with E-state index >= 15 is 0 Å². The van der Waals surface area contributed by atoms with Crippen LogP contribution in [0.15, 0.2) is 49.3 Å². The van der Waals surface area contributed by atoms with E-state index in [0.29, 0.717) is 41.4 Å². The summed E-state index contributed by atoms with van der Waals surface area (Å²) in [5, 5.41) is 15.0. The van der Waals surface area contributed by atoms with Gasteiger partial charge in [0.05, 0.1) is 11.8 Å². The van der Waals surface area contributed by atoms with Crippen molar-refractivity contribution in [2.24, 2.45) is 0 Å². The number of piperidine rings is 1. The maximum absolute atomic E-state index is 12.9. The fourth-order valence-corrected chi connectivity index (χ4v) is 7.33. The van der Waals surface area contributed by atoms with Crippen molar-refractivity contribution in [3.05, 3.63) is 65.4 Å². The first-order valence-corrected chi connectivity index (χ1v) is 16.0. The zero-order chi connectivity index (χ0) is 31.6. The molecule has 45 heavy (non-hydrogen) atoms. The van der Waals surface area contributed by atoms with Crippen LogP contribution in [0.25, 0.3) is 21.1 Å². The number of nitriles is 1. The van der Waals surface area contributed by atoms with E-state index in [1.165, 1.54) is 18.0 Å². The Labute approximate surface area is 263 Å². The average Bonchev–Trinajstić information content (AvgIpc) is 3.60. The molecule has 5 heterocycles. The number of carbonyl (C=O) groups excluding carboxylic acids is 1. The zero-order valence-corrected chi connectivity index (χ0v) is 25.7. The highest BCUT2D eigenvalue weighted by molar-refractivity contribution is 7.18. The topological polar surface area (TPSA) is 93.3 Å². The number of nitrogens with zero attached hydrogens (tertiary/aromatic N) is 7. The number of nitrogens with one attached hydrogen (secondary N) is 1. The third-order valence-electron chi connectivity index (χ3n) is 8.67. The van der Waals surface area contributed by atoms with Crippen molar-refractivity contribution < 1.29 is 18.0 Å². The number of piperazine rings is 1. The summed E-state index contributed by atoms with van der Waals surface area (Å²) in [5.41, 5.74) is 2.87. The molecular weight excluding hydrogens is 601 g/mol. The SMILES string of the molecule is C=CC(=O)N1CCN(CCn2c(C#N)cc3cc(CN4CCC(Nc5ncnc6sc(CC(F)(F)F)cc56)CC4)ccc32)CC1. The summed E-state index contributed by atoms with van der Waals surface area (Å²) in [6.45, 7) is 10.6. The summed E-state index contributed by atoms with van der Waals surface area (Å²) in [4.78, 5) is 27.7. The molecule has 0 atom stereocenters. The third kappa shape index (κ3) is 7.30. The van der Waals surface area contributed by atoms with Gasteiger partial charge in [0.15, 0.2) is 0 Å². The number of halogens is 3. The molecule has 4 aromatic rings. The highest BCUT2D eigenvalue weighted by Gasteiger charge is 2.29. The minimum atomic E-state index is -4.26. The monoisotopic (exact) mass is 636 g/mol. The van der Waals surface area contributed by atoms with Crippen molar-refractivity contribution in [3.8, 4) is 6.07 Å². The summed E-state index contributed by atoms with van der Waals surface area (Å²) < 4.78 is 40.8. The van der Waals surface area contributed by atoms with Gasteiger partial charge in [0.1, 0.15) is 28.7 Å². The largest absolute Gasteiger partial charge is 0.393 e. The smallest absolute Gasteiger partial charge is 0.367 e. The maximum Gasteiger partial charge on any atom is 0.393 e. The second kappa shape index (κ2) is 13.2. The number of amides is 1. The molecule has 1 N–H and O–H groups in total. The standard InChI is InChI=1S/C32H35F3N8OS/c1-2-29(44)42-12-9-40(10-13-42)11-14-43-25(19-36)16-23-15-22(3-4-28(23)43)20-41-7-5-24(6-8-41)39-30-27-17-26(18-32(33,34)35)45-31(27)38-21-37-30/h2-4,15-17,21,24H,1,5-14,18,20H2,(H,37,38,39). The zero-order valence-electron chi connectivity index (χ0n) is 24.9. The van der Waals surface area contributed by atoms with Gasteiger partial charge < -0.3 is 14.8 Å². The van der Waals surface area contributed by atoms with Gasteiger partial charge in [0, 0.05) is 80.7 Å². The van der Waals surface area contributed by atoms with E-state index in [4.69, 9.17) is 0 Å². The number of anilines is 1. The lowest BCUT2D eigenvalue weighted by molar-refractivity contribution is -0.128. The molecule has 6 rings (SSSR count). The second-order valence-corrected chi connectivity index (χ2v) is 12.8. The van der Waals surface area contributed by atoms with E-state index in [1.807, 2.05) is 11.0 Å². The van der Waals surface area contributed by atoms with E-state index in [2.05, 4.69) is 60.5 Å². The molecular formula is C32H35F3N8OS. The molecule has 1 amide bonds. The predicted octanol–water partition coefficient (Wildman–Crippen LogP) is 5.03. The van der Waals surface area contributed by atoms with Gasteiger partial charge in [-0.2, -0.15) is 18.4 Å². The van der Waals surface area contributed by atoms with Gasteiger partial charge in [-0.15, -0.1) is 11.3 Å². The van der Waals surface area contributed by atoms with Gasteiger partial charge in [-0.05, 0) is 48.7 Å². The van der Waals surface area contributed by atoms with Gasteiger partial charge in [-0.25, -0.2) is 9.97 Å². The lowest BCUT2D eigenvalue weighted by Crippen LogP contribution is -2.48. The number of thiophene rings is 1. The van der Waals surface area contributed by atoms with Crippen molar-refractivity contribution in [2.45, 2.75) is 44.6 Å². The average molecular weight is 637 g/mol. The number of rotatable bonds is 9. The van der Waals surface area contributed by atoms with Crippen molar-refractivity contribution in [3.63, 3.8) is 0 Å². The molecule has 0 spiro atoms. The molecule has 13 heteroatoms. The number of hydrogen-bond donors (Lipinski definition) is 1. The van der Waals surface area contributed by atoms with Gasteiger partial charge >= 0.3 is 6.18 Å². The Morgan fingerprint density at radius 1 is 1.07 bits per heavy atom. The summed E-state index contributed by atoms with van der Waals surface area (Å²) in [5.74, 6) is 0.567. The van der Waals surface area contributed by atoms with Gasteiger partial charge in [-0.3, -0.25) is 14.6 Å². The molecule has 2 saturated heterocycles. The van der Waals surface area contributed by atoms with Crippen LogP contribution >= 0.6 is 11.3 Å². The van der Waals surface area contributed by atoms with Crippen LogP contribution in [0.3, 0.4) is 0 Å². The van der Waals surface area contributed by atoms with Crippen LogP contribution in [0.4, 0.5) is 19.0 Å². The first-order chi connectivity index (χ1) is 21.7. The Bertz CT molecular complexity index is 1730. The van der Waals surface area contributed by atoms with E-state index < -0.39 is 12.6 Å². The Kier molecular flexibility index (Phi) is 9.07. The molecule has 3 aromatic heterocycles. The molecule has 0 saturated carbocycles. The molecule has 0 unspecified atom stereocenters. The molecule has 2 aliphatic rings. The van der Waals surface area contributed by atoms with E-state index in [0.717, 1.165) is 74.3 Å².